The van der Waals surface area contributed by atoms with Crippen molar-refractivity contribution in [2.75, 3.05) is 18.4 Å². The van der Waals surface area contributed by atoms with E-state index in [2.05, 4.69) is 30.5 Å². The molecule has 0 saturated carbocycles. The fourth-order valence-electron chi connectivity index (χ4n) is 3.57. The topological polar surface area (TPSA) is 61.4 Å². The van der Waals surface area contributed by atoms with Crippen LogP contribution in [-0.2, 0) is 22.4 Å². The lowest BCUT2D eigenvalue weighted by Gasteiger charge is -2.36. The van der Waals surface area contributed by atoms with Gasteiger partial charge < -0.3 is 15.5 Å². The van der Waals surface area contributed by atoms with Crippen molar-refractivity contribution in [1.82, 2.24) is 10.2 Å². The average molecular weight is 315 g/mol. The third-order valence-electron chi connectivity index (χ3n) is 4.56. The number of nitrogens with one attached hydrogen (secondary N) is 2. The first-order chi connectivity index (χ1) is 11.0. The van der Waals surface area contributed by atoms with Gasteiger partial charge in [0.25, 0.3) is 0 Å². The number of piperazine rings is 1. The Labute approximate surface area is 137 Å². The predicted molar refractivity (Wildman–Crippen MR) is 90.4 cm³/mol. The summed E-state index contributed by atoms with van der Waals surface area (Å²) in [5.41, 5.74) is 3.21. The molecule has 0 aromatic heterocycles. The zero-order chi connectivity index (χ0) is 16.4. The zero-order valence-corrected chi connectivity index (χ0v) is 13.9. The number of carbonyl (C=O) groups excluding carboxylic acids is 2. The van der Waals surface area contributed by atoms with Crippen LogP contribution in [0.15, 0.2) is 18.2 Å². The smallest absolute Gasteiger partial charge is 0.228 e. The molecule has 124 valence electrons. The van der Waals surface area contributed by atoms with E-state index in [4.69, 9.17) is 0 Å². The molecule has 1 aromatic carbocycles. The van der Waals surface area contributed by atoms with Crippen LogP contribution in [0, 0.1) is 0 Å². The maximum Gasteiger partial charge on any atom is 0.228 e. The van der Waals surface area contributed by atoms with Gasteiger partial charge in [-0.15, -0.1) is 0 Å². The highest BCUT2D eigenvalue weighted by Crippen LogP contribution is 2.24. The summed E-state index contributed by atoms with van der Waals surface area (Å²) in [5, 5.41) is 6.29. The first-order valence-corrected chi connectivity index (χ1v) is 8.47. The second-order valence-corrected chi connectivity index (χ2v) is 6.84. The molecule has 3 rings (SSSR count). The molecule has 2 N–H and O–H groups in total. The highest BCUT2D eigenvalue weighted by Gasteiger charge is 2.24. The number of nitrogens with zero attached hydrogens (tertiary/aromatic N) is 1. The van der Waals surface area contributed by atoms with Gasteiger partial charge >= 0.3 is 0 Å². The fourth-order valence-corrected chi connectivity index (χ4v) is 3.57. The van der Waals surface area contributed by atoms with Gasteiger partial charge in [0, 0.05) is 37.3 Å². The molecule has 5 heteroatoms. The van der Waals surface area contributed by atoms with Crippen molar-refractivity contribution in [1.29, 1.82) is 0 Å². The number of aryl methyl sites for hydroxylation is 1. The van der Waals surface area contributed by atoms with Crippen LogP contribution in [-0.4, -0.2) is 41.9 Å². The second-order valence-electron chi connectivity index (χ2n) is 6.84. The standard InChI is InChI=1S/C18H25N3O2/c1-12-10-21(11-13(2)19-12)18(23)5-3-4-14-6-7-16-15(8-14)9-17(22)20-16/h6-8,12-13,19H,3-5,9-11H2,1-2H3,(H,20,22). The molecule has 1 saturated heterocycles. The third kappa shape index (κ3) is 3.91. The Kier molecular flexibility index (Phi) is 4.66. The van der Waals surface area contributed by atoms with E-state index < -0.39 is 0 Å². The highest BCUT2D eigenvalue weighted by molar-refractivity contribution is 5.99. The molecule has 2 atom stereocenters. The number of anilines is 1. The normalized spacial score (nSPS) is 23.6. The number of rotatable bonds is 4. The molecule has 0 aliphatic carbocycles. The SMILES string of the molecule is CC1CN(C(=O)CCCc2ccc3c(c2)CC(=O)N3)CC(C)N1. The second kappa shape index (κ2) is 6.71. The van der Waals surface area contributed by atoms with Crippen LogP contribution in [0.5, 0.6) is 0 Å². The minimum absolute atomic E-state index is 0.0641. The van der Waals surface area contributed by atoms with E-state index in [1.54, 1.807) is 0 Å². The maximum atomic E-state index is 12.4. The predicted octanol–water partition coefficient (Wildman–Crippen LogP) is 1.71. The van der Waals surface area contributed by atoms with Gasteiger partial charge in [-0.1, -0.05) is 12.1 Å². The van der Waals surface area contributed by atoms with Gasteiger partial charge in [0.15, 0.2) is 0 Å². The quantitative estimate of drug-likeness (QED) is 0.889. The Balaban J connectivity index is 1.49. The van der Waals surface area contributed by atoms with Crippen molar-refractivity contribution in [2.45, 2.75) is 51.6 Å². The van der Waals surface area contributed by atoms with Crippen molar-refractivity contribution in [3.8, 4) is 0 Å². The van der Waals surface area contributed by atoms with Crippen LogP contribution in [0.4, 0.5) is 5.69 Å². The minimum Gasteiger partial charge on any atom is -0.340 e. The molecule has 23 heavy (non-hydrogen) atoms. The highest BCUT2D eigenvalue weighted by atomic mass is 16.2. The van der Waals surface area contributed by atoms with Crippen LogP contribution < -0.4 is 10.6 Å². The number of hydrogen-bond acceptors (Lipinski definition) is 3. The fraction of sp³-hybridized carbons (Fsp3) is 0.556. The molecule has 2 unspecified atom stereocenters. The van der Waals surface area contributed by atoms with Gasteiger partial charge in [-0.2, -0.15) is 0 Å². The molecular formula is C18H25N3O2. The van der Waals surface area contributed by atoms with Crippen molar-refractivity contribution < 1.29 is 9.59 Å². The van der Waals surface area contributed by atoms with Crippen LogP contribution in [0.25, 0.3) is 0 Å². The number of amides is 2. The number of hydrogen-bond donors (Lipinski definition) is 2. The Morgan fingerprint density at radius 2 is 2.00 bits per heavy atom. The van der Waals surface area contributed by atoms with Crippen molar-refractivity contribution >= 4 is 17.5 Å². The van der Waals surface area contributed by atoms with E-state index in [1.165, 1.54) is 5.56 Å². The maximum absolute atomic E-state index is 12.4. The van der Waals surface area contributed by atoms with Crippen LogP contribution in [0.3, 0.4) is 0 Å². The first-order valence-electron chi connectivity index (χ1n) is 8.47. The van der Waals surface area contributed by atoms with E-state index in [0.29, 0.717) is 24.9 Å². The number of benzene rings is 1. The lowest BCUT2D eigenvalue weighted by atomic mass is 10.0. The van der Waals surface area contributed by atoms with Gasteiger partial charge in [-0.05, 0) is 43.9 Å². The molecule has 0 bridgehead atoms. The summed E-state index contributed by atoms with van der Waals surface area (Å²) in [6.07, 6.45) is 2.79. The molecule has 0 spiro atoms. The Hall–Kier alpha value is -1.88. The molecule has 2 aliphatic heterocycles. The number of carbonyl (C=O) groups is 2. The van der Waals surface area contributed by atoms with Gasteiger partial charge in [0.2, 0.25) is 11.8 Å². The lowest BCUT2D eigenvalue weighted by molar-refractivity contribution is -0.133. The molecule has 2 amide bonds. The first kappa shape index (κ1) is 16.0. The molecule has 2 heterocycles. The summed E-state index contributed by atoms with van der Waals surface area (Å²) in [7, 11) is 0. The van der Waals surface area contributed by atoms with Crippen molar-refractivity contribution in [2.24, 2.45) is 0 Å². The van der Waals surface area contributed by atoms with Gasteiger partial charge in [0.05, 0.1) is 6.42 Å². The number of fused-ring (bicyclic) bond motifs is 1. The molecular weight excluding hydrogens is 290 g/mol. The molecule has 2 aliphatic rings. The Morgan fingerprint density at radius 1 is 1.26 bits per heavy atom. The van der Waals surface area contributed by atoms with Crippen LogP contribution in [0.1, 0.15) is 37.8 Å². The third-order valence-corrected chi connectivity index (χ3v) is 4.56. The van der Waals surface area contributed by atoms with E-state index in [9.17, 15) is 9.59 Å². The monoisotopic (exact) mass is 315 g/mol. The summed E-state index contributed by atoms with van der Waals surface area (Å²) >= 11 is 0. The van der Waals surface area contributed by atoms with E-state index >= 15 is 0 Å². The lowest BCUT2D eigenvalue weighted by Crippen LogP contribution is -2.55. The van der Waals surface area contributed by atoms with Crippen molar-refractivity contribution in [3.05, 3.63) is 29.3 Å². The summed E-state index contributed by atoms with van der Waals surface area (Å²) < 4.78 is 0. The molecule has 1 aromatic rings. The molecule has 1 fully saturated rings. The summed E-state index contributed by atoms with van der Waals surface area (Å²) in [6.45, 7) is 5.84. The van der Waals surface area contributed by atoms with Gasteiger partial charge in [-0.25, -0.2) is 0 Å². The van der Waals surface area contributed by atoms with Crippen molar-refractivity contribution in [3.63, 3.8) is 0 Å². The van der Waals surface area contributed by atoms with E-state index in [-0.39, 0.29) is 11.8 Å². The average Bonchev–Trinajstić information content (AvgIpc) is 2.85. The summed E-state index contributed by atoms with van der Waals surface area (Å²) in [6, 6.07) is 6.84. The Morgan fingerprint density at radius 3 is 2.74 bits per heavy atom. The molecule has 0 radical (unpaired) electrons. The molecule has 5 nitrogen and oxygen atoms in total. The largest absolute Gasteiger partial charge is 0.340 e. The van der Waals surface area contributed by atoms with Gasteiger partial charge in [0.1, 0.15) is 0 Å². The summed E-state index contributed by atoms with van der Waals surface area (Å²) in [4.78, 5) is 25.7. The van der Waals surface area contributed by atoms with E-state index in [1.807, 2.05) is 17.0 Å². The van der Waals surface area contributed by atoms with Gasteiger partial charge in [-0.3, -0.25) is 9.59 Å². The Bertz CT molecular complexity index is 604. The zero-order valence-electron chi connectivity index (χ0n) is 13.9. The summed E-state index contributed by atoms with van der Waals surface area (Å²) in [5.74, 6) is 0.317. The minimum atomic E-state index is 0.0641. The van der Waals surface area contributed by atoms with Crippen LogP contribution in [0.2, 0.25) is 0 Å². The van der Waals surface area contributed by atoms with Crippen LogP contribution >= 0.6 is 0 Å². The van der Waals surface area contributed by atoms with E-state index in [0.717, 1.165) is 37.2 Å².